The SMILES string of the molecule is COC(OC)N(C)C.[C-]#[N+]c1cccc(-c2nc3sccn3c2C(=O)C=CN(C)C)c1.[C-]#[N+]c1cccc(-c2nc3sccn3c2C(C)=O)c1. The van der Waals surface area contributed by atoms with E-state index in [0.29, 0.717) is 34.2 Å². The Kier molecular flexibility index (Phi) is 12.9. The zero-order valence-electron chi connectivity index (χ0n) is 28.7. The molecule has 0 fully saturated rings. The van der Waals surface area contributed by atoms with Crippen molar-refractivity contribution in [3.63, 3.8) is 0 Å². The van der Waals surface area contributed by atoms with Gasteiger partial charge in [0.2, 0.25) is 12.2 Å². The number of carbonyl (C=O) groups excluding carboxylic acids is 2. The summed E-state index contributed by atoms with van der Waals surface area (Å²) in [6.45, 7) is 15.7. The molecular formula is C36H36N8O4S2. The number of imidazole rings is 2. The minimum Gasteiger partial charge on any atom is -0.383 e. The van der Waals surface area contributed by atoms with E-state index in [-0.39, 0.29) is 18.0 Å². The third-order valence-corrected chi connectivity index (χ3v) is 8.45. The van der Waals surface area contributed by atoms with Gasteiger partial charge < -0.3 is 14.4 Å². The van der Waals surface area contributed by atoms with Crippen LogP contribution in [0.5, 0.6) is 0 Å². The van der Waals surface area contributed by atoms with Crippen LogP contribution in [0, 0.1) is 13.1 Å². The van der Waals surface area contributed by atoms with Gasteiger partial charge in [-0.05, 0) is 37.4 Å². The highest BCUT2D eigenvalue weighted by molar-refractivity contribution is 7.15. The molecule has 0 aliphatic carbocycles. The summed E-state index contributed by atoms with van der Waals surface area (Å²) in [7, 11) is 10.7. The highest BCUT2D eigenvalue weighted by atomic mass is 32.1. The van der Waals surface area contributed by atoms with Crippen molar-refractivity contribution in [2.75, 3.05) is 42.4 Å². The quantitative estimate of drug-likeness (QED) is 0.0649. The van der Waals surface area contributed by atoms with Crippen LogP contribution in [-0.2, 0) is 9.47 Å². The first kappa shape index (κ1) is 37.3. The highest BCUT2D eigenvalue weighted by Crippen LogP contribution is 2.31. The van der Waals surface area contributed by atoms with Crippen LogP contribution in [0.25, 0.3) is 42.1 Å². The molecule has 0 saturated heterocycles. The molecule has 256 valence electrons. The number of allylic oxidation sites excluding steroid dienone is 1. The molecule has 0 spiro atoms. The average molecular weight is 709 g/mol. The molecule has 4 heterocycles. The molecule has 0 bridgehead atoms. The maximum atomic E-state index is 12.6. The van der Waals surface area contributed by atoms with Gasteiger partial charge in [-0.1, -0.05) is 36.4 Å². The van der Waals surface area contributed by atoms with Crippen molar-refractivity contribution in [3.05, 3.63) is 118 Å². The Labute approximate surface area is 298 Å². The fraction of sp³-hybridized carbons (Fsp3) is 0.222. The molecule has 0 radical (unpaired) electrons. The van der Waals surface area contributed by atoms with Crippen molar-refractivity contribution < 1.29 is 19.1 Å². The number of ether oxygens (including phenoxy) is 2. The summed E-state index contributed by atoms with van der Waals surface area (Å²) in [4.78, 5) is 45.6. The van der Waals surface area contributed by atoms with Crippen molar-refractivity contribution in [1.82, 2.24) is 28.6 Å². The summed E-state index contributed by atoms with van der Waals surface area (Å²) >= 11 is 2.96. The van der Waals surface area contributed by atoms with Crippen LogP contribution in [-0.4, -0.2) is 89.0 Å². The second kappa shape index (κ2) is 17.3. The minimum absolute atomic E-state index is 0.0332. The van der Waals surface area contributed by atoms with Gasteiger partial charge in [0.1, 0.15) is 17.1 Å². The van der Waals surface area contributed by atoms with Crippen LogP contribution in [0.2, 0.25) is 0 Å². The topological polar surface area (TPSA) is 102 Å². The Morgan fingerprint density at radius 3 is 1.70 bits per heavy atom. The van der Waals surface area contributed by atoms with Gasteiger partial charge in [-0.15, -0.1) is 22.7 Å². The van der Waals surface area contributed by atoms with E-state index >= 15 is 0 Å². The van der Waals surface area contributed by atoms with Crippen LogP contribution in [0.3, 0.4) is 0 Å². The number of hydrogen-bond donors (Lipinski definition) is 0. The van der Waals surface area contributed by atoms with Crippen LogP contribution in [0.1, 0.15) is 27.9 Å². The van der Waals surface area contributed by atoms with Crippen LogP contribution in [0.4, 0.5) is 11.4 Å². The molecule has 14 heteroatoms. The average Bonchev–Trinajstić information content (AvgIpc) is 3.90. The molecule has 6 rings (SSSR count). The van der Waals surface area contributed by atoms with E-state index in [4.69, 9.17) is 22.6 Å². The fourth-order valence-electron chi connectivity index (χ4n) is 4.80. The molecule has 0 atom stereocenters. The number of carbonyl (C=O) groups is 2. The number of thiazole rings is 2. The van der Waals surface area contributed by atoms with Crippen molar-refractivity contribution in [2.24, 2.45) is 0 Å². The zero-order chi connectivity index (χ0) is 36.4. The number of methoxy groups -OCH3 is 2. The second-order valence-electron chi connectivity index (χ2n) is 11.0. The van der Waals surface area contributed by atoms with E-state index in [0.717, 1.165) is 21.0 Å². The lowest BCUT2D eigenvalue weighted by Crippen LogP contribution is -2.30. The third kappa shape index (κ3) is 8.75. The molecule has 0 N–H and O–H groups in total. The van der Waals surface area contributed by atoms with Gasteiger partial charge in [-0.25, -0.2) is 19.7 Å². The first-order chi connectivity index (χ1) is 24.0. The molecule has 4 aromatic heterocycles. The Morgan fingerprint density at radius 1 is 0.820 bits per heavy atom. The van der Waals surface area contributed by atoms with Crippen molar-refractivity contribution in [3.8, 4) is 22.5 Å². The molecule has 0 amide bonds. The van der Waals surface area contributed by atoms with E-state index in [1.165, 1.54) is 35.7 Å². The van der Waals surface area contributed by atoms with Crippen LogP contribution < -0.4 is 0 Å². The summed E-state index contributed by atoms with van der Waals surface area (Å²) in [6.07, 6.45) is 6.71. The monoisotopic (exact) mass is 708 g/mol. The van der Waals surface area contributed by atoms with E-state index in [1.807, 2.05) is 73.3 Å². The van der Waals surface area contributed by atoms with Gasteiger partial charge in [0.25, 0.3) is 0 Å². The smallest absolute Gasteiger partial charge is 0.217 e. The lowest BCUT2D eigenvalue weighted by molar-refractivity contribution is -0.179. The lowest BCUT2D eigenvalue weighted by atomic mass is 10.1. The molecular weight excluding hydrogens is 673 g/mol. The van der Waals surface area contributed by atoms with E-state index in [9.17, 15) is 9.59 Å². The standard InChI is InChI=1S/C17H14N4OS.C14H9N3OS.C5H13NO2/c1-18-13-6-4-5-12(11-13)15-16(14(22)7-8-20(2)3)21-9-10-23-17(21)19-15;1-9(18)13-12(16-14-17(13)6-7-19-14)10-4-3-5-11(8-10)15-2;1-6(2)5(7-3)8-4/h4-11H,2-3H3;3-8H,1H3;5H,1-4H3. The fourth-order valence-corrected chi connectivity index (χ4v) is 6.23. The van der Waals surface area contributed by atoms with Crippen molar-refractivity contribution in [2.45, 2.75) is 13.3 Å². The van der Waals surface area contributed by atoms with Crippen molar-refractivity contribution >= 4 is 55.5 Å². The summed E-state index contributed by atoms with van der Waals surface area (Å²) in [5.41, 5.74) is 4.98. The van der Waals surface area contributed by atoms with Crippen molar-refractivity contribution in [1.29, 1.82) is 0 Å². The second-order valence-corrected chi connectivity index (χ2v) is 12.7. The first-order valence-corrected chi connectivity index (χ1v) is 16.8. The number of hydrogen-bond acceptors (Lipinski definition) is 10. The maximum Gasteiger partial charge on any atom is 0.217 e. The molecule has 2 aromatic carbocycles. The van der Waals surface area contributed by atoms with Gasteiger partial charge in [-0.2, -0.15) is 0 Å². The molecule has 0 unspecified atom stereocenters. The molecule has 0 aliphatic rings. The predicted molar refractivity (Wildman–Crippen MR) is 198 cm³/mol. The minimum atomic E-state index is -0.213. The number of benzene rings is 2. The van der Waals surface area contributed by atoms with Gasteiger partial charge in [0.05, 0.1) is 18.8 Å². The predicted octanol–water partition coefficient (Wildman–Crippen LogP) is 7.81. The van der Waals surface area contributed by atoms with Gasteiger partial charge >= 0.3 is 0 Å². The number of aromatic nitrogens is 4. The number of rotatable bonds is 9. The lowest BCUT2D eigenvalue weighted by Gasteiger charge is -2.19. The van der Waals surface area contributed by atoms with Gasteiger partial charge in [-0.3, -0.25) is 23.3 Å². The van der Waals surface area contributed by atoms with E-state index in [1.54, 1.807) is 65.6 Å². The van der Waals surface area contributed by atoms with Gasteiger partial charge in [0.15, 0.2) is 27.1 Å². The maximum absolute atomic E-state index is 12.6. The number of nitrogens with zero attached hydrogens (tertiary/aromatic N) is 8. The molecule has 6 aromatic rings. The Bertz CT molecular complexity index is 2210. The zero-order valence-corrected chi connectivity index (χ0v) is 30.3. The largest absolute Gasteiger partial charge is 0.383 e. The number of ketones is 2. The number of fused-ring (bicyclic) bond motifs is 2. The molecule has 50 heavy (non-hydrogen) atoms. The Balaban J connectivity index is 0.000000188. The summed E-state index contributed by atoms with van der Waals surface area (Å²) in [6, 6.07) is 14.3. The Morgan fingerprint density at radius 2 is 1.30 bits per heavy atom. The summed E-state index contributed by atoms with van der Waals surface area (Å²) in [5, 5.41) is 3.79. The third-order valence-electron chi connectivity index (χ3n) is 6.94. The number of Topliss-reactive ketones (excluding diaryl/α,β-unsaturated/α-hetero) is 1. The summed E-state index contributed by atoms with van der Waals surface area (Å²) in [5.74, 6) is -0.151. The molecule has 12 nitrogen and oxygen atoms in total. The molecule has 0 aliphatic heterocycles. The first-order valence-electron chi connectivity index (χ1n) is 15.0. The van der Waals surface area contributed by atoms with Crippen LogP contribution in [0.15, 0.2) is 84.0 Å². The highest BCUT2D eigenvalue weighted by Gasteiger charge is 2.20. The van der Waals surface area contributed by atoms with Gasteiger partial charge in [0, 0.05) is 70.7 Å². The van der Waals surface area contributed by atoms with Crippen LogP contribution >= 0.6 is 22.7 Å². The summed E-state index contributed by atoms with van der Waals surface area (Å²) < 4.78 is 13.3. The Hall–Kier alpha value is -5.48. The molecule has 0 saturated carbocycles. The van der Waals surface area contributed by atoms with E-state index in [2.05, 4.69) is 19.7 Å². The normalized spacial score (nSPS) is 10.9. The van der Waals surface area contributed by atoms with E-state index < -0.39 is 0 Å².